The maximum Gasteiger partial charge on any atom is 0.194 e. The zero-order valence-corrected chi connectivity index (χ0v) is 18.8. The highest BCUT2D eigenvalue weighted by atomic mass is 16.5. The van der Waals surface area contributed by atoms with Gasteiger partial charge in [0.25, 0.3) is 0 Å². The summed E-state index contributed by atoms with van der Waals surface area (Å²) in [5.74, 6) is 2.50. The number of piperidine rings is 1. The largest absolute Gasteiger partial charge is 0.492 e. The lowest BCUT2D eigenvalue weighted by molar-refractivity contribution is 0.189. The Morgan fingerprint density at radius 2 is 2.23 bits per heavy atom. The van der Waals surface area contributed by atoms with Crippen LogP contribution in [0.2, 0.25) is 0 Å². The third-order valence-electron chi connectivity index (χ3n) is 5.58. The Kier molecular flexibility index (Phi) is 8.13. The summed E-state index contributed by atoms with van der Waals surface area (Å²) in [5, 5.41) is 3.48. The Morgan fingerprint density at radius 1 is 1.37 bits per heavy atom. The van der Waals surface area contributed by atoms with Gasteiger partial charge in [0.1, 0.15) is 12.4 Å². The molecule has 0 radical (unpaired) electrons. The third-order valence-corrected chi connectivity index (χ3v) is 5.58. The first-order valence-corrected chi connectivity index (χ1v) is 10.9. The fourth-order valence-corrected chi connectivity index (χ4v) is 3.77. The molecule has 0 spiro atoms. The first kappa shape index (κ1) is 22.2. The van der Waals surface area contributed by atoms with Crippen LogP contribution in [-0.2, 0) is 6.54 Å². The summed E-state index contributed by atoms with van der Waals surface area (Å²) in [4.78, 5) is 13.7. The van der Waals surface area contributed by atoms with Crippen molar-refractivity contribution in [3.05, 3.63) is 48.5 Å². The molecule has 2 unspecified atom stereocenters. The van der Waals surface area contributed by atoms with Crippen LogP contribution in [0.1, 0.15) is 31.9 Å². The average molecular weight is 413 g/mol. The van der Waals surface area contributed by atoms with Gasteiger partial charge in [-0.2, -0.15) is 0 Å². The number of likely N-dealkylation sites (N-methyl/N-ethyl adjacent to an activating group) is 1. The summed E-state index contributed by atoms with van der Waals surface area (Å²) in [5.41, 5.74) is 1.16. The molecule has 1 aromatic carbocycles. The van der Waals surface area contributed by atoms with Crippen LogP contribution in [0, 0.1) is 5.92 Å². The minimum Gasteiger partial charge on any atom is -0.492 e. The molecule has 1 aliphatic heterocycles. The third kappa shape index (κ3) is 6.23. The highest BCUT2D eigenvalue weighted by Crippen LogP contribution is 2.27. The van der Waals surface area contributed by atoms with Gasteiger partial charge in [-0.25, -0.2) is 9.98 Å². The number of guanidine groups is 1. The molecule has 3 rings (SSSR count). The normalized spacial score (nSPS) is 19.9. The number of hydrogen-bond donors (Lipinski definition) is 1. The number of aliphatic imine (C=N–C) groups is 1. The predicted octanol–water partition coefficient (Wildman–Crippen LogP) is 2.87. The van der Waals surface area contributed by atoms with Crippen LogP contribution in [-0.4, -0.2) is 72.2 Å². The van der Waals surface area contributed by atoms with E-state index >= 15 is 0 Å². The number of nitrogens with zero attached hydrogens (tertiary/aromatic N) is 5. The van der Waals surface area contributed by atoms with Gasteiger partial charge in [0.05, 0.1) is 18.9 Å². The van der Waals surface area contributed by atoms with Crippen molar-refractivity contribution in [2.45, 2.75) is 32.9 Å². The Bertz CT molecular complexity index is 789. The molecule has 1 aromatic heterocycles. The van der Waals surface area contributed by atoms with E-state index in [1.165, 1.54) is 0 Å². The number of rotatable bonds is 8. The van der Waals surface area contributed by atoms with Crippen molar-refractivity contribution in [1.29, 1.82) is 0 Å². The fraction of sp³-hybridized carbons (Fsp3) is 0.565. The number of benzene rings is 1. The number of imidazole rings is 1. The van der Waals surface area contributed by atoms with Gasteiger partial charge in [0.2, 0.25) is 0 Å². The molecule has 2 aromatic rings. The maximum atomic E-state index is 5.87. The molecule has 7 heteroatoms. The Labute approximate surface area is 180 Å². The second kappa shape index (κ2) is 11.0. The molecule has 2 heterocycles. The number of aromatic nitrogens is 2. The Morgan fingerprint density at radius 3 is 2.97 bits per heavy atom. The van der Waals surface area contributed by atoms with E-state index in [2.05, 4.69) is 70.9 Å². The van der Waals surface area contributed by atoms with Crippen LogP contribution in [0.5, 0.6) is 5.75 Å². The summed E-state index contributed by atoms with van der Waals surface area (Å²) in [6.07, 6.45) is 6.99. The Balaban J connectivity index is 1.66. The molecule has 0 saturated carbocycles. The monoisotopic (exact) mass is 412 g/mol. The van der Waals surface area contributed by atoms with Crippen molar-refractivity contribution < 1.29 is 4.74 Å². The second-order valence-electron chi connectivity index (χ2n) is 8.26. The summed E-state index contributed by atoms with van der Waals surface area (Å²) in [6, 6.07) is 8.67. The molecule has 1 N–H and O–H groups in total. The number of likely N-dealkylation sites (tertiary alicyclic amines) is 1. The molecule has 30 heavy (non-hydrogen) atoms. The van der Waals surface area contributed by atoms with Crippen molar-refractivity contribution in [3.63, 3.8) is 0 Å². The fourth-order valence-electron chi connectivity index (χ4n) is 3.77. The van der Waals surface area contributed by atoms with E-state index in [4.69, 9.17) is 9.73 Å². The molecule has 2 atom stereocenters. The lowest BCUT2D eigenvalue weighted by Crippen LogP contribution is -2.49. The molecule has 1 saturated heterocycles. The molecule has 1 fully saturated rings. The molecular formula is C23H36N6O. The first-order valence-electron chi connectivity index (χ1n) is 10.9. The summed E-state index contributed by atoms with van der Waals surface area (Å²) >= 11 is 0. The van der Waals surface area contributed by atoms with Gasteiger partial charge in [0, 0.05) is 38.6 Å². The van der Waals surface area contributed by atoms with Gasteiger partial charge in [-0.1, -0.05) is 19.1 Å². The molecule has 0 amide bonds. The van der Waals surface area contributed by atoms with Gasteiger partial charge in [0.15, 0.2) is 5.96 Å². The Hall–Kier alpha value is -2.54. The van der Waals surface area contributed by atoms with Gasteiger partial charge in [-0.05, 0) is 51.1 Å². The van der Waals surface area contributed by atoms with Crippen molar-refractivity contribution in [3.8, 4) is 5.75 Å². The zero-order valence-electron chi connectivity index (χ0n) is 18.8. The lowest BCUT2D eigenvalue weighted by Gasteiger charge is -2.39. The van der Waals surface area contributed by atoms with Crippen molar-refractivity contribution >= 4 is 5.96 Å². The van der Waals surface area contributed by atoms with Crippen LogP contribution >= 0.6 is 0 Å². The van der Waals surface area contributed by atoms with E-state index in [1.807, 2.05) is 24.7 Å². The number of ether oxygens (including phenoxy) is 1. The van der Waals surface area contributed by atoms with Gasteiger partial charge < -0.3 is 24.4 Å². The van der Waals surface area contributed by atoms with Crippen molar-refractivity contribution in [2.24, 2.45) is 10.9 Å². The van der Waals surface area contributed by atoms with E-state index in [-0.39, 0.29) is 0 Å². The quantitative estimate of drug-likeness (QED) is 0.534. The summed E-state index contributed by atoms with van der Waals surface area (Å²) < 4.78 is 8.10. The minimum atomic E-state index is 0.415. The van der Waals surface area contributed by atoms with E-state index in [0.717, 1.165) is 49.9 Å². The van der Waals surface area contributed by atoms with Gasteiger partial charge >= 0.3 is 0 Å². The molecular weight excluding hydrogens is 376 g/mol. The molecule has 0 aliphatic carbocycles. The van der Waals surface area contributed by atoms with Crippen LogP contribution in [0.3, 0.4) is 0 Å². The average Bonchev–Trinajstić information content (AvgIpc) is 3.26. The number of nitrogens with one attached hydrogen (secondary N) is 1. The van der Waals surface area contributed by atoms with Crippen molar-refractivity contribution in [1.82, 2.24) is 24.7 Å². The number of hydrogen-bond acceptors (Lipinski definition) is 4. The standard InChI is InChI=1S/C23H36N6O/c1-5-25-23(28-11-9-19(2)22(17-28)29-12-10-24-18-29)26-16-20-7-6-8-21(15-20)30-14-13-27(3)4/h6-8,10,12,15,18-19,22H,5,9,11,13-14,16-17H2,1-4H3,(H,25,26). The smallest absolute Gasteiger partial charge is 0.194 e. The molecule has 1 aliphatic rings. The molecule has 164 valence electrons. The summed E-state index contributed by atoms with van der Waals surface area (Å²) in [7, 11) is 4.10. The maximum absolute atomic E-state index is 5.87. The van der Waals surface area contributed by atoms with Crippen molar-refractivity contribution in [2.75, 3.05) is 46.9 Å². The van der Waals surface area contributed by atoms with Gasteiger partial charge in [-0.3, -0.25) is 0 Å². The van der Waals surface area contributed by atoms with E-state index < -0.39 is 0 Å². The highest BCUT2D eigenvalue weighted by Gasteiger charge is 2.28. The second-order valence-corrected chi connectivity index (χ2v) is 8.26. The van der Waals surface area contributed by atoms with Crippen LogP contribution in [0.4, 0.5) is 0 Å². The molecule has 0 bridgehead atoms. The van der Waals surface area contributed by atoms with E-state index in [9.17, 15) is 0 Å². The molecule has 7 nitrogen and oxygen atoms in total. The van der Waals surface area contributed by atoms with Crippen LogP contribution in [0.25, 0.3) is 0 Å². The van der Waals surface area contributed by atoms with Crippen LogP contribution in [0.15, 0.2) is 48.0 Å². The topological polar surface area (TPSA) is 57.9 Å². The SMILES string of the molecule is CCNC(=NCc1cccc(OCCN(C)C)c1)N1CCC(C)C(n2ccnc2)C1. The lowest BCUT2D eigenvalue weighted by atomic mass is 9.93. The van der Waals surface area contributed by atoms with Crippen LogP contribution < -0.4 is 10.1 Å². The predicted molar refractivity (Wildman–Crippen MR) is 122 cm³/mol. The van der Waals surface area contributed by atoms with E-state index in [0.29, 0.717) is 25.1 Å². The van der Waals surface area contributed by atoms with E-state index in [1.54, 1.807) is 0 Å². The van der Waals surface area contributed by atoms with Gasteiger partial charge in [-0.15, -0.1) is 0 Å². The summed E-state index contributed by atoms with van der Waals surface area (Å²) in [6.45, 7) is 9.48. The zero-order chi connectivity index (χ0) is 21.3. The first-order chi connectivity index (χ1) is 14.6. The highest BCUT2D eigenvalue weighted by molar-refractivity contribution is 5.80. The minimum absolute atomic E-state index is 0.415.